The van der Waals surface area contributed by atoms with Crippen LogP contribution in [0.15, 0.2) is 12.4 Å². The lowest BCUT2D eigenvalue weighted by Crippen LogP contribution is -2.57. The maximum atomic E-state index is 5.26. The largest absolute Gasteiger partial charge is 0.313 e. The molecule has 5 heterocycles. The Balaban J connectivity index is 1.55. The first-order chi connectivity index (χ1) is 11.8. The van der Waals surface area contributed by atoms with Gasteiger partial charge in [-0.1, -0.05) is 0 Å². The summed E-state index contributed by atoms with van der Waals surface area (Å²) in [7, 11) is 0. The SMILES string of the molecule is c1ncc(C23CCCN2CCNC3)nc1C12CCCN1CCNC2. The first-order valence-corrected chi connectivity index (χ1v) is 9.58. The monoisotopic (exact) mass is 328 g/mol. The number of hydrogen-bond donors (Lipinski definition) is 2. The van der Waals surface area contributed by atoms with Crippen molar-refractivity contribution in [3.8, 4) is 0 Å². The second-order valence-electron chi connectivity index (χ2n) is 7.89. The van der Waals surface area contributed by atoms with E-state index in [1.165, 1.54) is 50.2 Å². The number of fused-ring (bicyclic) bond motifs is 2. The molecule has 4 saturated heterocycles. The van der Waals surface area contributed by atoms with Gasteiger partial charge < -0.3 is 10.6 Å². The molecule has 4 aliphatic heterocycles. The number of nitrogens with zero attached hydrogens (tertiary/aromatic N) is 4. The van der Waals surface area contributed by atoms with E-state index in [2.05, 4.69) is 25.4 Å². The average molecular weight is 328 g/mol. The van der Waals surface area contributed by atoms with Gasteiger partial charge in [0, 0.05) is 39.3 Å². The van der Waals surface area contributed by atoms with Gasteiger partial charge in [0.15, 0.2) is 0 Å². The predicted molar refractivity (Wildman–Crippen MR) is 92.7 cm³/mol. The van der Waals surface area contributed by atoms with Crippen molar-refractivity contribution >= 4 is 0 Å². The molecule has 2 unspecified atom stereocenters. The summed E-state index contributed by atoms with van der Waals surface area (Å²) in [6.45, 7) is 8.88. The van der Waals surface area contributed by atoms with Gasteiger partial charge in [0.2, 0.25) is 0 Å². The molecule has 130 valence electrons. The molecular weight excluding hydrogens is 300 g/mol. The van der Waals surface area contributed by atoms with Crippen LogP contribution in [0.5, 0.6) is 0 Å². The van der Waals surface area contributed by atoms with Crippen LogP contribution in [0.3, 0.4) is 0 Å². The van der Waals surface area contributed by atoms with E-state index in [1.807, 2.05) is 12.4 Å². The van der Waals surface area contributed by atoms with Crippen LogP contribution in [0, 0.1) is 0 Å². The van der Waals surface area contributed by atoms with Crippen molar-refractivity contribution in [3.05, 3.63) is 23.8 Å². The van der Waals surface area contributed by atoms with Crippen molar-refractivity contribution in [2.24, 2.45) is 0 Å². The van der Waals surface area contributed by atoms with E-state index in [-0.39, 0.29) is 11.1 Å². The van der Waals surface area contributed by atoms with Gasteiger partial charge in [-0.3, -0.25) is 19.8 Å². The van der Waals surface area contributed by atoms with Crippen molar-refractivity contribution < 1.29 is 0 Å². The third kappa shape index (κ3) is 2.10. The van der Waals surface area contributed by atoms with Gasteiger partial charge in [0.05, 0.1) is 34.9 Å². The summed E-state index contributed by atoms with van der Waals surface area (Å²) < 4.78 is 0. The Hall–Kier alpha value is -1.08. The molecule has 6 heteroatoms. The van der Waals surface area contributed by atoms with E-state index in [1.54, 1.807) is 0 Å². The summed E-state index contributed by atoms with van der Waals surface area (Å²) >= 11 is 0. The highest BCUT2D eigenvalue weighted by atomic mass is 15.3. The molecule has 5 rings (SSSR count). The predicted octanol–water partition coefficient (Wildman–Crippen LogP) is 0.265. The summed E-state index contributed by atoms with van der Waals surface area (Å²) in [6.07, 6.45) is 9.00. The van der Waals surface area contributed by atoms with Crippen LogP contribution in [0.2, 0.25) is 0 Å². The van der Waals surface area contributed by atoms with Gasteiger partial charge in [-0.15, -0.1) is 0 Å². The Morgan fingerprint density at radius 3 is 1.88 bits per heavy atom. The summed E-state index contributed by atoms with van der Waals surface area (Å²) in [5.74, 6) is 0. The van der Waals surface area contributed by atoms with Crippen molar-refractivity contribution in [1.29, 1.82) is 0 Å². The quantitative estimate of drug-likeness (QED) is 0.813. The maximum absolute atomic E-state index is 5.26. The summed E-state index contributed by atoms with van der Waals surface area (Å²) in [5.41, 5.74) is 2.53. The minimum Gasteiger partial charge on any atom is -0.313 e. The normalized spacial score (nSPS) is 37.3. The average Bonchev–Trinajstić information content (AvgIpc) is 3.27. The highest BCUT2D eigenvalue weighted by Gasteiger charge is 2.48. The van der Waals surface area contributed by atoms with Crippen LogP contribution in [-0.2, 0) is 11.1 Å². The standard InChI is InChI=1S/C18H28N6/c1-3-17(13-19-5-9-23(17)7-1)15-11-21-12-16(22-15)18-4-2-8-24(18)10-6-20-14-18/h11-12,19-20H,1-10,13-14H2. The van der Waals surface area contributed by atoms with E-state index < -0.39 is 0 Å². The van der Waals surface area contributed by atoms with Crippen LogP contribution in [0.4, 0.5) is 0 Å². The smallest absolute Gasteiger partial charge is 0.0806 e. The number of aromatic nitrogens is 2. The Bertz CT molecular complexity index is 572. The fourth-order valence-electron chi connectivity index (χ4n) is 5.52. The van der Waals surface area contributed by atoms with Crippen LogP contribution >= 0.6 is 0 Å². The van der Waals surface area contributed by atoms with Crippen LogP contribution in [0.1, 0.15) is 37.1 Å². The summed E-state index contributed by atoms with van der Waals surface area (Å²) in [5, 5.41) is 7.21. The molecule has 2 atom stereocenters. The van der Waals surface area contributed by atoms with Crippen molar-refractivity contribution in [2.75, 3.05) is 52.4 Å². The van der Waals surface area contributed by atoms with Crippen LogP contribution < -0.4 is 10.6 Å². The van der Waals surface area contributed by atoms with E-state index in [0.717, 1.165) is 39.3 Å². The van der Waals surface area contributed by atoms with E-state index in [4.69, 9.17) is 4.98 Å². The molecule has 2 N–H and O–H groups in total. The molecule has 1 aromatic heterocycles. The lowest BCUT2D eigenvalue weighted by Gasteiger charge is -2.44. The van der Waals surface area contributed by atoms with Gasteiger partial charge in [-0.05, 0) is 38.8 Å². The number of nitrogens with one attached hydrogen (secondary N) is 2. The molecule has 24 heavy (non-hydrogen) atoms. The maximum Gasteiger partial charge on any atom is 0.0806 e. The molecule has 1 aromatic rings. The molecule has 0 saturated carbocycles. The van der Waals surface area contributed by atoms with Gasteiger partial charge >= 0.3 is 0 Å². The van der Waals surface area contributed by atoms with Crippen LogP contribution in [0.25, 0.3) is 0 Å². The molecule has 0 bridgehead atoms. The molecule has 4 aliphatic rings. The minimum atomic E-state index is 0.0728. The Morgan fingerprint density at radius 1 is 0.792 bits per heavy atom. The molecule has 0 radical (unpaired) electrons. The third-order valence-electron chi connectivity index (χ3n) is 6.79. The van der Waals surface area contributed by atoms with Gasteiger partial charge in [0.1, 0.15) is 0 Å². The van der Waals surface area contributed by atoms with Crippen LogP contribution in [-0.4, -0.2) is 72.1 Å². The van der Waals surface area contributed by atoms with Gasteiger partial charge in [-0.2, -0.15) is 0 Å². The lowest BCUT2D eigenvalue weighted by molar-refractivity contribution is 0.0884. The second-order valence-corrected chi connectivity index (χ2v) is 7.89. The molecule has 0 aliphatic carbocycles. The molecular formula is C18H28N6. The molecule has 0 aromatic carbocycles. The van der Waals surface area contributed by atoms with Crippen molar-refractivity contribution in [3.63, 3.8) is 0 Å². The Kier molecular flexibility index (Phi) is 3.63. The zero-order chi connectivity index (χ0) is 16.0. The topological polar surface area (TPSA) is 56.3 Å². The highest BCUT2D eigenvalue weighted by molar-refractivity contribution is 5.24. The van der Waals surface area contributed by atoms with Gasteiger partial charge in [-0.25, -0.2) is 0 Å². The molecule has 6 nitrogen and oxygen atoms in total. The van der Waals surface area contributed by atoms with E-state index >= 15 is 0 Å². The zero-order valence-corrected chi connectivity index (χ0v) is 14.4. The van der Waals surface area contributed by atoms with Gasteiger partial charge in [0.25, 0.3) is 0 Å². The van der Waals surface area contributed by atoms with Crippen molar-refractivity contribution in [2.45, 2.75) is 36.8 Å². The number of hydrogen-bond acceptors (Lipinski definition) is 6. The number of piperazine rings is 2. The summed E-state index contributed by atoms with van der Waals surface area (Å²) in [4.78, 5) is 15.2. The minimum absolute atomic E-state index is 0.0728. The third-order valence-corrected chi connectivity index (χ3v) is 6.79. The molecule has 0 amide bonds. The van der Waals surface area contributed by atoms with E-state index in [9.17, 15) is 0 Å². The van der Waals surface area contributed by atoms with Crippen molar-refractivity contribution in [1.82, 2.24) is 30.4 Å². The van der Waals surface area contributed by atoms with E-state index in [0.29, 0.717) is 0 Å². The second kappa shape index (κ2) is 5.73. The fourth-order valence-corrected chi connectivity index (χ4v) is 5.52. The highest BCUT2D eigenvalue weighted by Crippen LogP contribution is 2.42. The molecule has 4 fully saturated rings. The lowest BCUT2D eigenvalue weighted by atomic mass is 9.87. The Morgan fingerprint density at radius 2 is 1.33 bits per heavy atom. The first-order valence-electron chi connectivity index (χ1n) is 9.58. The molecule has 0 spiro atoms. The first kappa shape index (κ1) is 15.2. The summed E-state index contributed by atoms with van der Waals surface area (Å²) in [6, 6.07) is 0. The fraction of sp³-hybridized carbons (Fsp3) is 0.778. The Labute approximate surface area is 144 Å². The zero-order valence-electron chi connectivity index (χ0n) is 14.4. The number of rotatable bonds is 2.